The fourth-order valence-electron chi connectivity index (χ4n) is 2.65. The first kappa shape index (κ1) is 16.5. The molecule has 0 unspecified atom stereocenters. The minimum absolute atomic E-state index is 0.0313. The molecule has 1 saturated heterocycles. The first-order valence-electron chi connectivity index (χ1n) is 8.14. The van der Waals surface area contributed by atoms with E-state index in [1.807, 2.05) is 72.1 Å². The number of oxazole rings is 1. The molecule has 4 nitrogen and oxygen atoms in total. The molecule has 6 heteroatoms. The van der Waals surface area contributed by atoms with Crippen molar-refractivity contribution in [3.05, 3.63) is 65.5 Å². The SMILES string of the molecule is O=C(OCc1nc2ccccc2o1)c1ccc(C2SCCCS2)cc1. The van der Waals surface area contributed by atoms with Gasteiger partial charge in [-0.1, -0.05) is 24.3 Å². The summed E-state index contributed by atoms with van der Waals surface area (Å²) in [6, 6.07) is 15.2. The normalized spacial score (nSPS) is 15.4. The summed E-state index contributed by atoms with van der Waals surface area (Å²) in [5, 5.41) is 0. The lowest BCUT2D eigenvalue weighted by Crippen LogP contribution is -2.06. The quantitative estimate of drug-likeness (QED) is 0.598. The maximum absolute atomic E-state index is 12.2. The Kier molecular flexibility index (Phi) is 4.99. The third-order valence-electron chi connectivity index (χ3n) is 3.91. The number of hydrogen-bond donors (Lipinski definition) is 0. The standard InChI is InChI=1S/C19H17NO3S2/c21-18(22-12-17-20-15-4-1-2-5-16(15)23-17)13-6-8-14(9-7-13)19-24-10-3-11-25-19/h1-2,4-9,19H,3,10-12H2. The largest absolute Gasteiger partial charge is 0.452 e. The summed E-state index contributed by atoms with van der Waals surface area (Å²) in [6.45, 7) is 0.0313. The van der Waals surface area contributed by atoms with Gasteiger partial charge in [0.1, 0.15) is 5.52 Å². The lowest BCUT2D eigenvalue weighted by atomic mass is 10.1. The molecule has 0 bridgehead atoms. The molecule has 25 heavy (non-hydrogen) atoms. The molecule has 0 saturated carbocycles. The summed E-state index contributed by atoms with van der Waals surface area (Å²) in [5.74, 6) is 2.44. The number of benzene rings is 2. The number of thioether (sulfide) groups is 2. The number of hydrogen-bond acceptors (Lipinski definition) is 6. The van der Waals surface area contributed by atoms with Crippen LogP contribution < -0.4 is 0 Å². The summed E-state index contributed by atoms with van der Waals surface area (Å²) in [6.07, 6.45) is 1.27. The zero-order valence-electron chi connectivity index (χ0n) is 13.5. The number of ether oxygens (including phenoxy) is 1. The van der Waals surface area contributed by atoms with E-state index in [9.17, 15) is 4.79 Å². The fourth-order valence-corrected chi connectivity index (χ4v) is 5.54. The van der Waals surface area contributed by atoms with Gasteiger partial charge in [0.25, 0.3) is 0 Å². The Bertz CT molecular complexity index is 837. The van der Waals surface area contributed by atoms with Crippen LogP contribution in [0.2, 0.25) is 0 Å². The average Bonchev–Trinajstić information content (AvgIpc) is 3.10. The van der Waals surface area contributed by atoms with E-state index in [0.717, 1.165) is 5.52 Å². The number of aromatic nitrogens is 1. The highest BCUT2D eigenvalue weighted by molar-refractivity contribution is 8.16. The topological polar surface area (TPSA) is 52.3 Å². The molecular formula is C19H17NO3S2. The van der Waals surface area contributed by atoms with Gasteiger partial charge in [0, 0.05) is 0 Å². The Morgan fingerprint density at radius 1 is 1.12 bits per heavy atom. The second-order valence-electron chi connectivity index (χ2n) is 5.70. The highest BCUT2D eigenvalue weighted by Gasteiger charge is 2.17. The molecule has 0 aliphatic carbocycles. The average molecular weight is 371 g/mol. The van der Waals surface area contributed by atoms with Gasteiger partial charge in [-0.15, -0.1) is 23.5 Å². The first-order chi connectivity index (χ1) is 12.3. The maximum Gasteiger partial charge on any atom is 0.338 e. The van der Waals surface area contributed by atoms with Gasteiger partial charge in [-0.25, -0.2) is 9.78 Å². The molecule has 2 aromatic carbocycles. The van der Waals surface area contributed by atoms with Crippen LogP contribution in [-0.4, -0.2) is 22.5 Å². The number of carbonyl (C=O) groups excluding carboxylic acids is 1. The fraction of sp³-hybridized carbons (Fsp3) is 0.263. The second-order valence-corrected chi connectivity index (χ2v) is 8.42. The van der Waals surface area contributed by atoms with Gasteiger partial charge in [0.2, 0.25) is 5.89 Å². The van der Waals surface area contributed by atoms with Crippen molar-refractivity contribution in [1.82, 2.24) is 4.98 Å². The number of carbonyl (C=O) groups is 1. The lowest BCUT2D eigenvalue weighted by Gasteiger charge is -2.21. The molecule has 1 fully saturated rings. The van der Waals surface area contributed by atoms with Gasteiger partial charge in [0.15, 0.2) is 12.2 Å². The van der Waals surface area contributed by atoms with Crippen LogP contribution in [0.3, 0.4) is 0 Å². The molecule has 2 heterocycles. The van der Waals surface area contributed by atoms with Crippen molar-refractivity contribution in [2.45, 2.75) is 17.6 Å². The Labute approximate surface area is 154 Å². The van der Waals surface area contributed by atoms with E-state index in [-0.39, 0.29) is 12.6 Å². The summed E-state index contributed by atoms with van der Waals surface area (Å²) >= 11 is 3.93. The van der Waals surface area contributed by atoms with Gasteiger partial charge in [-0.3, -0.25) is 0 Å². The van der Waals surface area contributed by atoms with E-state index in [2.05, 4.69) is 4.98 Å². The maximum atomic E-state index is 12.2. The molecule has 128 valence electrons. The molecule has 1 aromatic heterocycles. The number of fused-ring (bicyclic) bond motifs is 1. The van der Waals surface area contributed by atoms with Crippen molar-refractivity contribution in [2.75, 3.05) is 11.5 Å². The predicted molar refractivity (Wildman–Crippen MR) is 102 cm³/mol. The minimum atomic E-state index is -0.363. The Hall–Kier alpha value is -1.92. The monoisotopic (exact) mass is 371 g/mol. The van der Waals surface area contributed by atoms with E-state index in [1.54, 1.807) is 0 Å². The van der Waals surface area contributed by atoms with E-state index in [4.69, 9.17) is 9.15 Å². The number of rotatable bonds is 4. The Morgan fingerprint density at radius 2 is 1.88 bits per heavy atom. The van der Waals surface area contributed by atoms with Crippen molar-refractivity contribution in [3.63, 3.8) is 0 Å². The van der Waals surface area contributed by atoms with Gasteiger partial charge >= 0.3 is 5.97 Å². The number of nitrogens with zero attached hydrogens (tertiary/aromatic N) is 1. The highest BCUT2D eigenvalue weighted by atomic mass is 32.2. The summed E-state index contributed by atoms with van der Waals surface area (Å²) in [4.78, 5) is 16.5. The molecule has 0 radical (unpaired) electrons. The molecule has 0 atom stereocenters. The summed E-state index contributed by atoms with van der Waals surface area (Å²) in [7, 11) is 0. The van der Waals surface area contributed by atoms with Crippen LogP contribution in [0, 0.1) is 0 Å². The van der Waals surface area contributed by atoms with Crippen molar-refractivity contribution < 1.29 is 13.9 Å². The van der Waals surface area contributed by atoms with Crippen LogP contribution in [0.25, 0.3) is 11.1 Å². The van der Waals surface area contributed by atoms with E-state index in [0.29, 0.717) is 21.6 Å². The lowest BCUT2D eigenvalue weighted by molar-refractivity contribution is 0.0440. The number of esters is 1. The van der Waals surface area contributed by atoms with Crippen LogP contribution in [0.4, 0.5) is 0 Å². The molecule has 0 amide bonds. The Balaban J connectivity index is 1.38. The van der Waals surface area contributed by atoms with Crippen molar-refractivity contribution in [1.29, 1.82) is 0 Å². The summed E-state index contributed by atoms with van der Waals surface area (Å²) in [5.41, 5.74) is 3.26. The molecule has 0 spiro atoms. The van der Waals surface area contributed by atoms with E-state index in [1.165, 1.54) is 23.5 Å². The molecule has 1 aliphatic heterocycles. The molecule has 3 aromatic rings. The zero-order valence-corrected chi connectivity index (χ0v) is 15.1. The van der Waals surface area contributed by atoms with Crippen LogP contribution in [-0.2, 0) is 11.3 Å². The first-order valence-corrected chi connectivity index (χ1v) is 10.2. The van der Waals surface area contributed by atoms with Crippen molar-refractivity contribution >= 4 is 40.6 Å². The zero-order chi connectivity index (χ0) is 17.1. The third-order valence-corrected chi connectivity index (χ3v) is 6.93. The van der Waals surface area contributed by atoms with Crippen molar-refractivity contribution in [2.24, 2.45) is 0 Å². The van der Waals surface area contributed by atoms with Crippen LogP contribution >= 0.6 is 23.5 Å². The van der Waals surface area contributed by atoms with Gasteiger partial charge in [-0.05, 0) is 47.8 Å². The van der Waals surface area contributed by atoms with Crippen LogP contribution in [0.15, 0.2) is 52.9 Å². The Morgan fingerprint density at radius 3 is 2.64 bits per heavy atom. The number of para-hydroxylation sites is 2. The second kappa shape index (κ2) is 7.54. The smallest absolute Gasteiger partial charge is 0.338 e. The van der Waals surface area contributed by atoms with Crippen LogP contribution in [0.5, 0.6) is 0 Å². The van der Waals surface area contributed by atoms with Gasteiger partial charge < -0.3 is 9.15 Å². The molecule has 4 rings (SSSR count). The molecular weight excluding hydrogens is 354 g/mol. The third kappa shape index (κ3) is 3.85. The van der Waals surface area contributed by atoms with Crippen LogP contribution in [0.1, 0.15) is 32.8 Å². The molecule has 0 N–H and O–H groups in total. The van der Waals surface area contributed by atoms with E-state index >= 15 is 0 Å². The molecule has 1 aliphatic rings. The van der Waals surface area contributed by atoms with Gasteiger partial charge in [0.05, 0.1) is 10.1 Å². The van der Waals surface area contributed by atoms with E-state index < -0.39 is 0 Å². The summed E-state index contributed by atoms with van der Waals surface area (Å²) < 4.78 is 11.4. The highest BCUT2D eigenvalue weighted by Crippen LogP contribution is 2.43. The van der Waals surface area contributed by atoms with Crippen molar-refractivity contribution in [3.8, 4) is 0 Å². The van der Waals surface area contributed by atoms with Gasteiger partial charge in [-0.2, -0.15) is 0 Å². The predicted octanol–water partition coefficient (Wildman–Crippen LogP) is 5.05. The minimum Gasteiger partial charge on any atom is -0.452 e.